The van der Waals surface area contributed by atoms with Crippen LogP contribution in [0.3, 0.4) is 0 Å². The van der Waals surface area contributed by atoms with Crippen LogP contribution in [0.2, 0.25) is 10.0 Å². The Morgan fingerprint density at radius 3 is 2.50 bits per heavy atom. The van der Waals surface area contributed by atoms with E-state index in [2.05, 4.69) is 21.2 Å². The highest BCUT2D eigenvalue weighted by molar-refractivity contribution is 9.10. The van der Waals surface area contributed by atoms with Crippen LogP contribution in [-0.2, 0) is 13.2 Å². The molecule has 3 aromatic carbocycles. The predicted octanol–water partition coefficient (Wildman–Crippen LogP) is 6.65. The average molecular weight is 511 g/mol. The van der Waals surface area contributed by atoms with Crippen LogP contribution in [0.1, 0.15) is 21.5 Å². The van der Waals surface area contributed by atoms with E-state index >= 15 is 0 Å². The topological polar surface area (TPSA) is 67.8 Å². The number of hydrogen-bond donors (Lipinski definition) is 2. The summed E-state index contributed by atoms with van der Waals surface area (Å²) >= 11 is 15.4. The maximum absolute atomic E-state index is 11.3. The van der Waals surface area contributed by atoms with E-state index in [9.17, 15) is 9.90 Å². The van der Waals surface area contributed by atoms with Crippen molar-refractivity contribution >= 4 is 50.8 Å². The molecule has 2 N–H and O–H groups in total. The number of nitrogens with one attached hydrogen (secondary N) is 1. The standard InChI is InChI=1S/C22H18BrCl2NO4/c1-29-20-9-7-18(23)17(21(20)30-12-13-2-4-14(24)5-3-13)11-26-15-6-8-19(25)16(10-15)22(27)28/h2-10,26H,11-12H2,1H3,(H,27,28). The first-order valence-electron chi connectivity index (χ1n) is 8.88. The van der Waals surface area contributed by atoms with Crippen molar-refractivity contribution in [3.63, 3.8) is 0 Å². The van der Waals surface area contributed by atoms with Crippen LogP contribution >= 0.6 is 39.1 Å². The molecule has 0 unspecified atom stereocenters. The molecule has 0 atom stereocenters. The van der Waals surface area contributed by atoms with E-state index in [1.54, 1.807) is 31.4 Å². The second kappa shape index (κ2) is 10.1. The smallest absolute Gasteiger partial charge is 0.337 e. The van der Waals surface area contributed by atoms with Crippen LogP contribution in [0.5, 0.6) is 11.5 Å². The summed E-state index contributed by atoms with van der Waals surface area (Å²) in [6.07, 6.45) is 0. The van der Waals surface area contributed by atoms with E-state index in [1.807, 2.05) is 24.3 Å². The van der Waals surface area contributed by atoms with E-state index in [1.165, 1.54) is 6.07 Å². The number of carboxylic acids is 1. The van der Waals surface area contributed by atoms with Gasteiger partial charge in [0.15, 0.2) is 11.5 Å². The normalized spacial score (nSPS) is 10.5. The van der Waals surface area contributed by atoms with Crippen molar-refractivity contribution in [1.82, 2.24) is 0 Å². The zero-order valence-corrected chi connectivity index (χ0v) is 19.0. The van der Waals surface area contributed by atoms with Gasteiger partial charge < -0.3 is 19.9 Å². The predicted molar refractivity (Wildman–Crippen MR) is 122 cm³/mol. The molecule has 0 aliphatic rings. The zero-order chi connectivity index (χ0) is 21.7. The number of aromatic carboxylic acids is 1. The van der Waals surface area contributed by atoms with Gasteiger partial charge in [-0.25, -0.2) is 4.79 Å². The number of methoxy groups -OCH3 is 1. The quantitative estimate of drug-likeness (QED) is 0.355. The van der Waals surface area contributed by atoms with Crippen LogP contribution in [0.25, 0.3) is 0 Å². The van der Waals surface area contributed by atoms with Gasteiger partial charge in [-0.3, -0.25) is 0 Å². The van der Waals surface area contributed by atoms with Crippen molar-refractivity contribution in [1.29, 1.82) is 0 Å². The van der Waals surface area contributed by atoms with Gasteiger partial charge in [-0.2, -0.15) is 0 Å². The molecular weight excluding hydrogens is 493 g/mol. The van der Waals surface area contributed by atoms with Gasteiger partial charge in [-0.1, -0.05) is 51.3 Å². The first kappa shape index (κ1) is 22.3. The van der Waals surface area contributed by atoms with Crippen LogP contribution < -0.4 is 14.8 Å². The molecule has 0 aliphatic carbocycles. The number of rotatable bonds is 8. The summed E-state index contributed by atoms with van der Waals surface area (Å²) in [6.45, 7) is 0.704. The van der Waals surface area contributed by atoms with Crippen molar-refractivity contribution in [2.24, 2.45) is 0 Å². The van der Waals surface area contributed by atoms with E-state index in [4.69, 9.17) is 32.7 Å². The molecule has 3 aromatic rings. The van der Waals surface area contributed by atoms with Gasteiger partial charge in [0.05, 0.1) is 17.7 Å². The Hall–Kier alpha value is -2.41. The lowest BCUT2D eigenvalue weighted by Crippen LogP contribution is -2.07. The minimum Gasteiger partial charge on any atom is -0.493 e. The molecule has 0 bridgehead atoms. The lowest BCUT2D eigenvalue weighted by molar-refractivity contribution is 0.0697. The molecule has 0 aliphatic heterocycles. The summed E-state index contributed by atoms with van der Waals surface area (Å²) in [5.41, 5.74) is 2.44. The molecule has 0 fully saturated rings. The molecule has 0 radical (unpaired) electrons. The first-order chi connectivity index (χ1) is 14.4. The van der Waals surface area contributed by atoms with Gasteiger partial charge in [0.1, 0.15) is 6.61 Å². The van der Waals surface area contributed by atoms with Crippen LogP contribution in [0, 0.1) is 0 Å². The SMILES string of the molecule is COc1ccc(Br)c(CNc2ccc(Cl)c(C(=O)O)c2)c1OCc1ccc(Cl)cc1. The highest BCUT2D eigenvalue weighted by Gasteiger charge is 2.16. The number of carbonyl (C=O) groups is 1. The van der Waals surface area contributed by atoms with E-state index in [-0.39, 0.29) is 10.6 Å². The highest BCUT2D eigenvalue weighted by atomic mass is 79.9. The fourth-order valence-electron chi connectivity index (χ4n) is 2.79. The Bertz CT molecular complexity index is 1060. The maximum Gasteiger partial charge on any atom is 0.337 e. The summed E-state index contributed by atoms with van der Waals surface area (Å²) < 4.78 is 12.4. The van der Waals surface area contributed by atoms with Gasteiger partial charge in [0, 0.05) is 27.3 Å². The largest absolute Gasteiger partial charge is 0.493 e. The fraction of sp³-hybridized carbons (Fsp3) is 0.136. The molecule has 3 rings (SSSR count). The lowest BCUT2D eigenvalue weighted by atomic mass is 10.1. The molecule has 5 nitrogen and oxygen atoms in total. The summed E-state index contributed by atoms with van der Waals surface area (Å²) in [5.74, 6) is 0.0891. The van der Waals surface area contributed by atoms with E-state index in [0.717, 1.165) is 15.6 Å². The van der Waals surface area contributed by atoms with Gasteiger partial charge in [0.25, 0.3) is 0 Å². The number of hydrogen-bond acceptors (Lipinski definition) is 4. The molecule has 0 aromatic heterocycles. The Labute approximate surface area is 192 Å². The molecule has 30 heavy (non-hydrogen) atoms. The van der Waals surface area contributed by atoms with Crippen molar-refractivity contribution in [2.45, 2.75) is 13.2 Å². The highest BCUT2D eigenvalue weighted by Crippen LogP contribution is 2.37. The Morgan fingerprint density at radius 1 is 1.10 bits per heavy atom. The molecule has 0 heterocycles. The number of anilines is 1. The fourth-order valence-corrected chi connectivity index (χ4v) is 3.57. The molecule has 0 spiro atoms. The van der Waals surface area contributed by atoms with Gasteiger partial charge in [0.2, 0.25) is 0 Å². The molecule has 8 heteroatoms. The van der Waals surface area contributed by atoms with Crippen LogP contribution in [-0.4, -0.2) is 18.2 Å². The maximum atomic E-state index is 11.3. The molecule has 0 amide bonds. The Balaban J connectivity index is 1.84. The van der Waals surface area contributed by atoms with E-state index in [0.29, 0.717) is 35.4 Å². The number of benzene rings is 3. The lowest BCUT2D eigenvalue weighted by Gasteiger charge is -2.18. The van der Waals surface area contributed by atoms with Crippen molar-refractivity contribution in [2.75, 3.05) is 12.4 Å². The molecule has 0 saturated heterocycles. The first-order valence-corrected chi connectivity index (χ1v) is 10.4. The second-order valence-electron chi connectivity index (χ2n) is 6.33. The summed E-state index contributed by atoms with van der Waals surface area (Å²) in [6, 6.07) is 15.8. The van der Waals surface area contributed by atoms with Crippen LogP contribution in [0.15, 0.2) is 59.1 Å². The Kier molecular flexibility index (Phi) is 7.48. The third-order valence-corrected chi connectivity index (χ3v) is 5.67. The van der Waals surface area contributed by atoms with Crippen molar-refractivity contribution < 1.29 is 19.4 Å². The number of carboxylic acid groups (broad SMARTS) is 1. The zero-order valence-electron chi connectivity index (χ0n) is 15.9. The van der Waals surface area contributed by atoms with Crippen molar-refractivity contribution in [3.05, 3.63) is 85.8 Å². The monoisotopic (exact) mass is 509 g/mol. The van der Waals surface area contributed by atoms with Crippen LogP contribution in [0.4, 0.5) is 5.69 Å². The third kappa shape index (κ3) is 5.39. The van der Waals surface area contributed by atoms with E-state index < -0.39 is 5.97 Å². The minimum absolute atomic E-state index is 0.0330. The molecule has 0 saturated carbocycles. The number of halogens is 3. The molecule has 156 valence electrons. The van der Waals surface area contributed by atoms with Gasteiger partial charge >= 0.3 is 5.97 Å². The summed E-state index contributed by atoms with van der Waals surface area (Å²) in [5, 5.41) is 13.3. The average Bonchev–Trinajstić information content (AvgIpc) is 2.73. The second-order valence-corrected chi connectivity index (χ2v) is 8.02. The van der Waals surface area contributed by atoms with Gasteiger partial charge in [-0.05, 0) is 48.0 Å². The molecular formula is C22H18BrCl2NO4. The summed E-state index contributed by atoms with van der Waals surface area (Å²) in [4.78, 5) is 11.3. The number of ether oxygens (including phenoxy) is 2. The minimum atomic E-state index is -1.09. The van der Waals surface area contributed by atoms with Gasteiger partial charge in [-0.15, -0.1) is 0 Å². The third-order valence-electron chi connectivity index (χ3n) is 4.35. The van der Waals surface area contributed by atoms with Crippen molar-refractivity contribution in [3.8, 4) is 11.5 Å². The summed E-state index contributed by atoms with van der Waals surface area (Å²) in [7, 11) is 1.58. The Morgan fingerprint density at radius 2 is 1.83 bits per heavy atom.